The number of rotatable bonds is 13. The fourth-order valence-electron chi connectivity index (χ4n) is 14.6. The van der Waals surface area contributed by atoms with Crippen LogP contribution in [0.25, 0.3) is 0 Å². The molecule has 0 bridgehead atoms. The minimum absolute atomic E-state index is 0.00765. The van der Waals surface area contributed by atoms with Crippen LogP contribution in [0.5, 0.6) is 0 Å². The molecule has 0 unspecified atom stereocenters. The summed E-state index contributed by atoms with van der Waals surface area (Å²) in [6, 6.07) is 0. The smallest absolute Gasteiger partial charge is 0.308 e. The third kappa shape index (κ3) is 10.0. The Morgan fingerprint density at radius 1 is 0.789 bits per heavy atom. The zero-order valence-electron chi connectivity index (χ0n) is 41.4. The molecule has 3 saturated carbocycles. The van der Waals surface area contributed by atoms with E-state index in [4.69, 9.17) is 42.6 Å². The molecule has 71 heavy (non-hydrogen) atoms. The lowest BCUT2D eigenvalue weighted by Gasteiger charge is -2.59. The van der Waals surface area contributed by atoms with Gasteiger partial charge in [0.15, 0.2) is 24.7 Å². The number of esters is 2. The summed E-state index contributed by atoms with van der Waals surface area (Å²) < 4.78 is 60.3. The van der Waals surface area contributed by atoms with E-state index in [0.717, 1.165) is 38.5 Å². The molecule has 404 valence electrons. The number of methoxy groups -OCH3 is 1. The predicted octanol–water partition coefficient (Wildman–Crippen LogP) is -0.309. The van der Waals surface area contributed by atoms with Crippen LogP contribution in [0, 0.1) is 46.3 Å². The van der Waals surface area contributed by atoms with Crippen LogP contribution >= 0.6 is 0 Å². The minimum Gasteiger partial charge on any atom is -0.469 e. The average molecular weight is 1020 g/mol. The molecule has 5 saturated heterocycles. The Hall–Kier alpha value is -2.00. The molecule has 1 spiro atoms. The maximum Gasteiger partial charge on any atom is 0.308 e. The van der Waals surface area contributed by atoms with Crippen molar-refractivity contribution in [2.45, 2.75) is 208 Å². The standard InChI is InChI=1S/C50H78O21/c1-22-36-32(71-50(22)13-8-24(20-65-50)19-63-35(55)16-26(52)15-34(54)62-5)17-30-28-7-6-25-14-27(9-11-48(25,3)29(28)10-12-49(30,36)4)67-47-44(70-46-42(61)40(59)37(56)23(2)66-46)43(39(58)33(18-51)68-47)69-45-41(60)38(57)31(53)21-64-45/h6,22-24,26-33,36-47,51-53,56-61H,7-21H2,1-5H3/t22-,23-,24-,26-,27-,28+,29-,30-,31-,32-,33+,36-,37-,38-,39+,40+,41+,42+,43-,44+,45-,46-,47+,48-,49-,50+/m0/s1. The first kappa shape index (κ1) is 53.8. The number of ether oxygens (including phenoxy) is 10. The van der Waals surface area contributed by atoms with Crippen LogP contribution < -0.4 is 0 Å². The van der Waals surface area contributed by atoms with Gasteiger partial charge in [-0.15, -0.1) is 0 Å². The molecule has 9 aliphatic rings. The summed E-state index contributed by atoms with van der Waals surface area (Å²) in [5.41, 5.74) is 1.23. The molecule has 5 heterocycles. The largest absolute Gasteiger partial charge is 0.469 e. The number of hydrogen-bond donors (Lipinski definition) is 9. The maximum atomic E-state index is 12.4. The monoisotopic (exact) mass is 1010 g/mol. The van der Waals surface area contributed by atoms with Gasteiger partial charge in [-0.3, -0.25) is 9.59 Å². The molecular weight excluding hydrogens is 937 g/mol. The summed E-state index contributed by atoms with van der Waals surface area (Å²) >= 11 is 0. The molecule has 4 aliphatic carbocycles. The van der Waals surface area contributed by atoms with Gasteiger partial charge in [0.2, 0.25) is 0 Å². The van der Waals surface area contributed by atoms with Crippen molar-refractivity contribution in [2.75, 3.05) is 33.5 Å². The van der Waals surface area contributed by atoms with Crippen LogP contribution in [0.15, 0.2) is 11.6 Å². The Kier molecular flexibility index (Phi) is 16.1. The molecule has 0 aromatic rings. The van der Waals surface area contributed by atoms with Crippen molar-refractivity contribution < 1.29 is 103 Å². The van der Waals surface area contributed by atoms with Gasteiger partial charge in [0.25, 0.3) is 0 Å². The van der Waals surface area contributed by atoms with E-state index in [9.17, 15) is 55.5 Å². The highest BCUT2D eigenvalue weighted by molar-refractivity contribution is 5.73. The van der Waals surface area contributed by atoms with Gasteiger partial charge in [0, 0.05) is 18.3 Å². The molecule has 8 fully saturated rings. The first-order chi connectivity index (χ1) is 33.7. The fourth-order valence-corrected chi connectivity index (χ4v) is 14.6. The SMILES string of the molecule is COC(=O)C[C@H](O)CC(=O)OC[C@@H]1CC[C@@]2(OC1)O[C@H]1C[C@H]3[C@@H]4CC=C5C[C@@H](O[C@@H]6O[C@H](CO)[C@@H](O)[C@H](O[C@@H]7OC[C@H](O)[C@H](O)[C@H]7O)[C@H]6O[C@@H]6O[C@@H](C)[C@H](O)[C@@H](O)[C@H]6O)CC[C@]5(C)[C@H]4CC[C@]3(C)[C@H]1[C@@H]2C. The van der Waals surface area contributed by atoms with Gasteiger partial charge in [0.05, 0.1) is 70.8 Å². The average Bonchev–Trinajstić information content (AvgIpc) is 3.79. The molecule has 9 N–H and O–H groups in total. The Balaban J connectivity index is 0.853. The third-order valence-electron chi connectivity index (χ3n) is 18.7. The van der Waals surface area contributed by atoms with Crippen LogP contribution in [-0.2, 0) is 57.0 Å². The second-order valence-electron chi connectivity index (χ2n) is 22.7. The number of carbonyl (C=O) groups is 2. The number of hydrogen-bond acceptors (Lipinski definition) is 21. The van der Waals surface area contributed by atoms with E-state index in [1.54, 1.807) is 0 Å². The first-order valence-corrected chi connectivity index (χ1v) is 25.9. The number of aliphatic hydroxyl groups excluding tert-OH is 9. The molecule has 5 aliphatic heterocycles. The number of aliphatic hydroxyl groups is 9. The lowest BCUT2D eigenvalue weighted by Crippen LogP contribution is -2.66. The van der Waals surface area contributed by atoms with Crippen LogP contribution in [0.3, 0.4) is 0 Å². The first-order valence-electron chi connectivity index (χ1n) is 25.9. The van der Waals surface area contributed by atoms with Crippen molar-refractivity contribution in [3.05, 3.63) is 11.6 Å². The Morgan fingerprint density at radius 2 is 1.52 bits per heavy atom. The number of fused-ring (bicyclic) bond motifs is 7. The van der Waals surface area contributed by atoms with E-state index in [1.807, 2.05) is 0 Å². The topological polar surface area (TPSA) is 309 Å². The zero-order valence-corrected chi connectivity index (χ0v) is 41.4. The third-order valence-corrected chi connectivity index (χ3v) is 18.7. The van der Waals surface area contributed by atoms with E-state index in [2.05, 4.69) is 31.6 Å². The second kappa shape index (κ2) is 21.2. The van der Waals surface area contributed by atoms with E-state index >= 15 is 0 Å². The summed E-state index contributed by atoms with van der Waals surface area (Å²) in [4.78, 5) is 23.8. The Labute approximate surface area is 413 Å². The van der Waals surface area contributed by atoms with Crippen LogP contribution in [0.2, 0.25) is 0 Å². The quantitative estimate of drug-likeness (QED) is 0.0844. The summed E-state index contributed by atoms with van der Waals surface area (Å²) in [6.07, 6.45) is -13.2. The molecule has 21 heteroatoms. The van der Waals surface area contributed by atoms with Gasteiger partial charge >= 0.3 is 11.9 Å². The molecule has 9 rings (SSSR count). The van der Waals surface area contributed by atoms with E-state index in [1.165, 1.54) is 19.6 Å². The summed E-state index contributed by atoms with van der Waals surface area (Å²) in [5, 5.41) is 95.5. The highest BCUT2D eigenvalue weighted by Crippen LogP contribution is 2.70. The molecule has 0 amide bonds. The highest BCUT2D eigenvalue weighted by atomic mass is 16.8. The molecular formula is C50H78O21. The predicted molar refractivity (Wildman–Crippen MR) is 241 cm³/mol. The lowest BCUT2D eigenvalue weighted by molar-refractivity contribution is -0.390. The summed E-state index contributed by atoms with van der Waals surface area (Å²) in [5.74, 6) is -0.0577. The van der Waals surface area contributed by atoms with E-state index in [-0.39, 0.29) is 48.2 Å². The highest BCUT2D eigenvalue weighted by Gasteiger charge is 2.69. The van der Waals surface area contributed by atoms with Crippen LogP contribution in [0.4, 0.5) is 0 Å². The fraction of sp³-hybridized carbons (Fsp3) is 0.920. The lowest BCUT2D eigenvalue weighted by atomic mass is 9.47. The Morgan fingerprint density at radius 3 is 2.24 bits per heavy atom. The summed E-state index contributed by atoms with van der Waals surface area (Å²) in [6.45, 7) is 8.10. The molecule has 0 radical (unpaired) electrons. The van der Waals surface area contributed by atoms with Gasteiger partial charge < -0.3 is 93.3 Å². The van der Waals surface area contributed by atoms with Crippen molar-refractivity contribution in [1.82, 2.24) is 0 Å². The minimum atomic E-state index is -1.75. The zero-order chi connectivity index (χ0) is 50.9. The van der Waals surface area contributed by atoms with Crippen molar-refractivity contribution in [3.8, 4) is 0 Å². The molecule has 26 atom stereocenters. The number of allylic oxidation sites excluding steroid dienone is 1. The van der Waals surface area contributed by atoms with E-state index < -0.39 is 129 Å². The van der Waals surface area contributed by atoms with Gasteiger partial charge in [-0.1, -0.05) is 32.4 Å². The second-order valence-corrected chi connectivity index (χ2v) is 22.7. The molecule has 0 aromatic heterocycles. The van der Waals surface area contributed by atoms with Crippen LogP contribution in [-0.4, -0.2) is 202 Å². The summed E-state index contributed by atoms with van der Waals surface area (Å²) in [7, 11) is 1.23. The van der Waals surface area contributed by atoms with Gasteiger partial charge in [-0.2, -0.15) is 0 Å². The maximum absolute atomic E-state index is 12.4. The van der Waals surface area contributed by atoms with Crippen molar-refractivity contribution in [1.29, 1.82) is 0 Å². The normalized spacial score (nSPS) is 51.0. The van der Waals surface area contributed by atoms with Crippen molar-refractivity contribution in [3.63, 3.8) is 0 Å². The number of carbonyl (C=O) groups excluding carboxylic acids is 2. The van der Waals surface area contributed by atoms with Crippen molar-refractivity contribution in [2.24, 2.45) is 46.3 Å². The van der Waals surface area contributed by atoms with Gasteiger partial charge in [-0.05, 0) is 92.8 Å². The van der Waals surface area contributed by atoms with Gasteiger partial charge in [0.1, 0.15) is 61.0 Å². The van der Waals surface area contributed by atoms with E-state index in [0.29, 0.717) is 49.5 Å². The van der Waals surface area contributed by atoms with Gasteiger partial charge in [-0.25, -0.2) is 0 Å². The molecule has 21 nitrogen and oxygen atoms in total. The van der Waals surface area contributed by atoms with Crippen molar-refractivity contribution >= 4 is 11.9 Å². The molecule has 0 aromatic carbocycles. The van der Waals surface area contributed by atoms with Crippen LogP contribution in [0.1, 0.15) is 98.3 Å². The Bertz CT molecular complexity index is 1900.